The highest BCUT2D eigenvalue weighted by atomic mass is 35.5. The molecule has 38 heavy (non-hydrogen) atoms. The monoisotopic (exact) mass is 575 g/mol. The van der Waals surface area contributed by atoms with Crippen LogP contribution in [0, 0.1) is 6.92 Å². The third kappa shape index (κ3) is 7.72. The van der Waals surface area contributed by atoms with Gasteiger partial charge < -0.3 is 10.2 Å². The fourth-order valence-corrected chi connectivity index (χ4v) is 5.39. The van der Waals surface area contributed by atoms with Crippen LogP contribution in [-0.4, -0.2) is 50.5 Å². The lowest BCUT2D eigenvalue weighted by Gasteiger charge is -2.33. The first kappa shape index (κ1) is 29.5. The van der Waals surface area contributed by atoms with Gasteiger partial charge in [0.15, 0.2) is 0 Å². The van der Waals surface area contributed by atoms with Crippen LogP contribution in [-0.2, 0) is 32.6 Å². The van der Waals surface area contributed by atoms with Crippen molar-refractivity contribution in [1.29, 1.82) is 0 Å². The molecule has 0 spiro atoms. The minimum atomic E-state index is -3.83. The molecule has 0 saturated heterocycles. The summed E-state index contributed by atoms with van der Waals surface area (Å²) in [7, 11) is -3.83. The maximum atomic E-state index is 14.0. The largest absolute Gasteiger partial charge is 0.355 e. The zero-order valence-electron chi connectivity index (χ0n) is 21.5. The number of benzene rings is 3. The van der Waals surface area contributed by atoms with Gasteiger partial charge in [0.1, 0.15) is 12.6 Å². The molecule has 1 atom stereocenters. The Labute approximate surface area is 234 Å². The van der Waals surface area contributed by atoms with Crippen LogP contribution < -0.4 is 9.62 Å². The van der Waals surface area contributed by atoms with Gasteiger partial charge in [0.05, 0.1) is 11.9 Å². The number of nitrogens with zero attached hydrogens (tertiary/aromatic N) is 2. The quantitative estimate of drug-likeness (QED) is 0.354. The number of sulfonamides is 1. The summed E-state index contributed by atoms with van der Waals surface area (Å²) in [6.07, 6.45) is 1.25. The zero-order chi connectivity index (χ0) is 27.9. The second-order valence-electron chi connectivity index (χ2n) is 8.93. The maximum absolute atomic E-state index is 14.0. The third-order valence-electron chi connectivity index (χ3n) is 6.01. The molecular weight excluding hydrogens is 545 g/mol. The van der Waals surface area contributed by atoms with E-state index < -0.39 is 28.5 Å². The van der Waals surface area contributed by atoms with E-state index in [0.29, 0.717) is 27.8 Å². The van der Waals surface area contributed by atoms with Gasteiger partial charge in [-0.25, -0.2) is 8.42 Å². The van der Waals surface area contributed by atoms with E-state index in [9.17, 15) is 18.0 Å². The van der Waals surface area contributed by atoms with Crippen molar-refractivity contribution < 1.29 is 18.0 Å². The Kier molecular flexibility index (Phi) is 10.2. The van der Waals surface area contributed by atoms with Crippen molar-refractivity contribution in [3.05, 3.63) is 99.5 Å². The van der Waals surface area contributed by atoms with Crippen LogP contribution in [0.4, 0.5) is 5.69 Å². The summed E-state index contributed by atoms with van der Waals surface area (Å²) in [6, 6.07) is 20.2. The summed E-state index contributed by atoms with van der Waals surface area (Å²) in [5.74, 6) is -0.937. The number of anilines is 1. The third-order valence-corrected chi connectivity index (χ3v) is 7.86. The number of aryl methyl sites for hydroxylation is 1. The van der Waals surface area contributed by atoms with Crippen LogP contribution in [0.15, 0.2) is 72.8 Å². The molecule has 3 aromatic rings. The molecule has 0 aliphatic rings. The number of rotatable bonds is 11. The fraction of sp³-hybridized carbons (Fsp3) is 0.286. The molecule has 2 amide bonds. The number of amides is 2. The smallest absolute Gasteiger partial charge is 0.244 e. The molecule has 3 aromatic carbocycles. The Morgan fingerprint density at radius 2 is 1.53 bits per heavy atom. The number of carbonyl (C=O) groups is 2. The summed E-state index contributed by atoms with van der Waals surface area (Å²) in [4.78, 5) is 28.7. The van der Waals surface area contributed by atoms with E-state index in [2.05, 4.69) is 5.32 Å². The summed E-state index contributed by atoms with van der Waals surface area (Å²) in [5.41, 5.74) is 2.60. The van der Waals surface area contributed by atoms with Crippen LogP contribution in [0.3, 0.4) is 0 Å². The minimum absolute atomic E-state index is 0.0858. The topological polar surface area (TPSA) is 86.8 Å². The molecule has 0 heterocycles. The molecule has 7 nitrogen and oxygen atoms in total. The minimum Gasteiger partial charge on any atom is -0.355 e. The lowest BCUT2D eigenvalue weighted by molar-refractivity contribution is -0.140. The number of nitrogens with one attached hydrogen (secondary N) is 1. The van der Waals surface area contributed by atoms with Crippen LogP contribution in [0.25, 0.3) is 0 Å². The van der Waals surface area contributed by atoms with Crippen molar-refractivity contribution in [3.63, 3.8) is 0 Å². The molecule has 0 radical (unpaired) electrons. The van der Waals surface area contributed by atoms with Crippen LogP contribution in [0.1, 0.15) is 23.6 Å². The summed E-state index contributed by atoms with van der Waals surface area (Å²) < 4.78 is 26.6. The van der Waals surface area contributed by atoms with E-state index in [4.69, 9.17) is 23.2 Å². The molecule has 0 aliphatic carbocycles. The summed E-state index contributed by atoms with van der Waals surface area (Å²) in [6.45, 7) is 3.44. The SMILES string of the molecule is CCNC(=O)[C@@H](Cc1ccccc1)N(Cc1c(Cl)cccc1Cl)C(=O)CN(c1ccc(C)cc1)S(C)(=O)=O. The molecule has 202 valence electrons. The maximum Gasteiger partial charge on any atom is 0.244 e. The average molecular weight is 577 g/mol. The normalized spacial score (nSPS) is 12.0. The van der Waals surface area contributed by atoms with Gasteiger partial charge in [-0.15, -0.1) is 0 Å². The second-order valence-corrected chi connectivity index (χ2v) is 11.6. The highest BCUT2D eigenvalue weighted by Crippen LogP contribution is 2.28. The standard InChI is InChI=1S/C28H31Cl2N3O4S/c1-4-31-28(35)26(17-21-9-6-5-7-10-21)32(18-23-24(29)11-8-12-25(23)30)27(34)19-33(38(3,36)37)22-15-13-20(2)14-16-22/h5-16,26H,4,17-19H2,1-3H3,(H,31,35)/t26-/m1/s1. The lowest BCUT2D eigenvalue weighted by atomic mass is 10.0. The van der Waals surface area contributed by atoms with Crippen molar-refractivity contribution in [2.24, 2.45) is 0 Å². The van der Waals surface area contributed by atoms with E-state index >= 15 is 0 Å². The summed E-state index contributed by atoms with van der Waals surface area (Å²) >= 11 is 12.9. The molecule has 0 aromatic heterocycles. The Balaban J connectivity index is 2.08. The van der Waals surface area contributed by atoms with Gasteiger partial charge in [0, 0.05) is 35.1 Å². The van der Waals surface area contributed by atoms with Gasteiger partial charge in [-0.2, -0.15) is 0 Å². The average Bonchev–Trinajstić information content (AvgIpc) is 2.87. The van der Waals surface area contributed by atoms with E-state index in [1.807, 2.05) is 37.3 Å². The first-order chi connectivity index (χ1) is 18.0. The predicted molar refractivity (Wildman–Crippen MR) is 153 cm³/mol. The molecule has 0 bridgehead atoms. The van der Waals surface area contributed by atoms with Gasteiger partial charge in [0.25, 0.3) is 0 Å². The molecule has 0 aliphatic heterocycles. The molecule has 0 saturated carbocycles. The van der Waals surface area contributed by atoms with E-state index in [-0.39, 0.29) is 18.9 Å². The fourth-order valence-electron chi connectivity index (χ4n) is 4.02. The molecule has 3 rings (SSSR count). The van der Waals surface area contributed by atoms with Crippen LogP contribution in [0.2, 0.25) is 10.0 Å². The van der Waals surface area contributed by atoms with Crippen LogP contribution >= 0.6 is 23.2 Å². The molecule has 1 N–H and O–H groups in total. The Morgan fingerprint density at radius 1 is 0.921 bits per heavy atom. The Bertz CT molecular complexity index is 1350. The Hall–Kier alpha value is -3.07. The molecular formula is C28H31Cl2N3O4S. The number of halogens is 2. The molecule has 0 fully saturated rings. The van der Waals surface area contributed by atoms with E-state index in [0.717, 1.165) is 21.7 Å². The lowest BCUT2D eigenvalue weighted by Crippen LogP contribution is -2.53. The number of carbonyl (C=O) groups excluding carboxylic acids is 2. The highest BCUT2D eigenvalue weighted by Gasteiger charge is 2.33. The number of hydrogen-bond acceptors (Lipinski definition) is 4. The van der Waals surface area contributed by atoms with Gasteiger partial charge in [-0.1, -0.05) is 77.3 Å². The van der Waals surface area contributed by atoms with Crippen molar-refractivity contribution in [1.82, 2.24) is 10.2 Å². The first-order valence-corrected chi connectivity index (χ1v) is 14.7. The first-order valence-electron chi connectivity index (χ1n) is 12.1. The van der Waals surface area contributed by atoms with Gasteiger partial charge >= 0.3 is 0 Å². The van der Waals surface area contributed by atoms with Crippen molar-refractivity contribution in [2.75, 3.05) is 23.7 Å². The van der Waals surface area contributed by atoms with Gasteiger partial charge in [-0.05, 0) is 43.7 Å². The summed E-state index contributed by atoms with van der Waals surface area (Å²) in [5, 5.41) is 3.48. The van der Waals surface area contributed by atoms with E-state index in [1.165, 1.54) is 4.90 Å². The molecule has 10 heteroatoms. The van der Waals surface area contributed by atoms with Crippen molar-refractivity contribution in [2.45, 2.75) is 32.9 Å². The van der Waals surface area contributed by atoms with Crippen molar-refractivity contribution >= 4 is 50.7 Å². The van der Waals surface area contributed by atoms with Gasteiger partial charge in [-0.3, -0.25) is 13.9 Å². The molecule has 0 unspecified atom stereocenters. The highest BCUT2D eigenvalue weighted by molar-refractivity contribution is 7.92. The second kappa shape index (κ2) is 13.1. The zero-order valence-corrected chi connectivity index (χ0v) is 23.9. The number of hydrogen-bond donors (Lipinski definition) is 1. The number of likely N-dealkylation sites (N-methyl/N-ethyl adjacent to an activating group) is 1. The predicted octanol–water partition coefficient (Wildman–Crippen LogP) is 4.84. The van der Waals surface area contributed by atoms with Crippen LogP contribution in [0.5, 0.6) is 0 Å². The van der Waals surface area contributed by atoms with Gasteiger partial charge in [0.2, 0.25) is 21.8 Å². The van der Waals surface area contributed by atoms with Crippen molar-refractivity contribution in [3.8, 4) is 0 Å². The van der Waals surface area contributed by atoms with E-state index in [1.54, 1.807) is 49.4 Å². The Morgan fingerprint density at radius 3 is 2.08 bits per heavy atom.